The Labute approximate surface area is 189 Å². The van der Waals surface area contributed by atoms with Gasteiger partial charge in [0.2, 0.25) is 5.91 Å². The number of hydrogen-bond donors (Lipinski definition) is 3. The highest BCUT2D eigenvalue weighted by Gasteiger charge is 2.08. The lowest BCUT2D eigenvalue weighted by atomic mass is 10.1. The molecule has 0 fully saturated rings. The molecule has 0 heterocycles. The van der Waals surface area contributed by atoms with E-state index in [-0.39, 0.29) is 18.4 Å². The second kappa shape index (κ2) is 12.2. The van der Waals surface area contributed by atoms with Crippen molar-refractivity contribution in [2.45, 2.75) is 26.3 Å². The third-order valence-corrected chi connectivity index (χ3v) is 4.76. The molecule has 0 saturated carbocycles. The Morgan fingerprint density at radius 2 is 1.66 bits per heavy atom. The lowest BCUT2D eigenvalue weighted by Gasteiger charge is -2.11. The molecule has 0 atom stereocenters. The van der Waals surface area contributed by atoms with Gasteiger partial charge in [0.15, 0.2) is 0 Å². The number of carbonyl (C=O) groups is 2. The highest BCUT2D eigenvalue weighted by molar-refractivity contribution is 5.96. The van der Waals surface area contributed by atoms with Gasteiger partial charge in [0.1, 0.15) is 5.75 Å². The van der Waals surface area contributed by atoms with Crippen LogP contribution in [-0.2, 0) is 11.3 Å². The third kappa shape index (κ3) is 7.47. The Morgan fingerprint density at radius 1 is 0.875 bits per heavy atom. The maximum atomic E-state index is 12.4. The first-order valence-electron chi connectivity index (χ1n) is 10.8. The maximum absolute atomic E-state index is 12.4. The smallest absolute Gasteiger partial charge is 0.251 e. The molecule has 166 valence electrons. The van der Waals surface area contributed by atoms with E-state index in [2.05, 4.69) is 22.9 Å². The van der Waals surface area contributed by atoms with E-state index in [1.807, 2.05) is 60.7 Å². The van der Waals surface area contributed by atoms with Crippen LogP contribution in [0.25, 0.3) is 0 Å². The van der Waals surface area contributed by atoms with Crippen LogP contribution in [0.1, 0.15) is 35.7 Å². The number of amides is 2. The maximum Gasteiger partial charge on any atom is 0.251 e. The van der Waals surface area contributed by atoms with E-state index in [9.17, 15) is 9.59 Å². The molecule has 3 aromatic rings. The summed E-state index contributed by atoms with van der Waals surface area (Å²) in [6, 6.07) is 24.2. The van der Waals surface area contributed by atoms with Gasteiger partial charge in [-0.15, -0.1) is 0 Å². The number of hydrogen-bond acceptors (Lipinski definition) is 4. The fraction of sp³-hybridized carbons (Fsp3) is 0.231. The van der Waals surface area contributed by atoms with Gasteiger partial charge in [-0.25, -0.2) is 0 Å². The summed E-state index contributed by atoms with van der Waals surface area (Å²) in [6.07, 6.45) is 2.06. The topological polar surface area (TPSA) is 79.5 Å². The minimum Gasteiger partial charge on any atom is -0.494 e. The Morgan fingerprint density at radius 3 is 2.47 bits per heavy atom. The van der Waals surface area contributed by atoms with Crippen LogP contribution in [0.5, 0.6) is 5.75 Å². The molecule has 6 heteroatoms. The molecule has 0 aliphatic heterocycles. The van der Waals surface area contributed by atoms with Gasteiger partial charge in [-0.3, -0.25) is 9.59 Å². The number of benzene rings is 3. The standard InChI is InChI=1S/C26H29N3O3/c1-2-3-15-32-24-14-8-13-23(17-24)29-25(30)19-27-22-12-7-11-21(16-22)26(31)28-18-20-9-5-4-6-10-20/h4-14,16-17,27H,2-3,15,18-19H2,1H3,(H,28,31)(H,29,30). The average molecular weight is 432 g/mol. The predicted molar refractivity (Wildman–Crippen MR) is 128 cm³/mol. The second-order valence-electron chi connectivity index (χ2n) is 7.38. The first-order valence-corrected chi connectivity index (χ1v) is 10.8. The van der Waals surface area contributed by atoms with Crippen LogP contribution in [0, 0.1) is 0 Å². The molecule has 3 N–H and O–H groups in total. The number of nitrogens with one attached hydrogen (secondary N) is 3. The van der Waals surface area contributed by atoms with Crippen molar-refractivity contribution < 1.29 is 14.3 Å². The van der Waals surface area contributed by atoms with Crippen molar-refractivity contribution in [1.29, 1.82) is 0 Å². The molecule has 2 amide bonds. The van der Waals surface area contributed by atoms with Gasteiger partial charge in [-0.2, -0.15) is 0 Å². The first-order chi connectivity index (χ1) is 15.6. The average Bonchev–Trinajstić information content (AvgIpc) is 2.82. The van der Waals surface area contributed by atoms with Crippen molar-refractivity contribution >= 4 is 23.2 Å². The van der Waals surface area contributed by atoms with Gasteiger partial charge in [0.05, 0.1) is 13.2 Å². The minimum atomic E-state index is -0.186. The Bertz CT molecular complexity index is 1020. The van der Waals surface area contributed by atoms with Gasteiger partial charge in [0.25, 0.3) is 5.91 Å². The van der Waals surface area contributed by atoms with Crippen molar-refractivity contribution in [2.24, 2.45) is 0 Å². The Balaban J connectivity index is 1.48. The fourth-order valence-corrected chi connectivity index (χ4v) is 3.04. The van der Waals surface area contributed by atoms with Crippen molar-refractivity contribution in [3.8, 4) is 5.75 Å². The summed E-state index contributed by atoms with van der Waals surface area (Å²) in [5.74, 6) is 0.384. The van der Waals surface area contributed by atoms with Gasteiger partial charge >= 0.3 is 0 Å². The third-order valence-electron chi connectivity index (χ3n) is 4.76. The molecule has 0 saturated heterocycles. The van der Waals surface area contributed by atoms with Crippen molar-refractivity contribution in [3.05, 3.63) is 90.0 Å². The van der Waals surface area contributed by atoms with Crippen molar-refractivity contribution in [2.75, 3.05) is 23.8 Å². The second-order valence-corrected chi connectivity index (χ2v) is 7.38. The quantitative estimate of drug-likeness (QED) is 0.379. The summed E-state index contributed by atoms with van der Waals surface area (Å²) in [4.78, 5) is 24.8. The lowest BCUT2D eigenvalue weighted by Crippen LogP contribution is -2.23. The van der Waals surface area contributed by atoms with Gasteiger partial charge < -0.3 is 20.7 Å². The lowest BCUT2D eigenvalue weighted by molar-refractivity contribution is -0.114. The molecule has 0 spiro atoms. The van der Waals surface area contributed by atoms with Gasteiger partial charge in [0, 0.05) is 29.5 Å². The van der Waals surface area contributed by atoms with Crippen LogP contribution >= 0.6 is 0 Å². The largest absolute Gasteiger partial charge is 0.494 e. The molecule has 6 nitrogen and oxygen atoms in total. The summed E-state index contributed by atoms with van der Waals surface area (Å²) >= 11 is 0. The van der Waals surface area contributed by atoms with Crippen LogP contribution in [0.2, 0.25) is 0 Å². The number of unbranched alkanes of at least 4 members (excludes halogenated alkanes) is 1. The highest BCUT2D eigenvalue weighted by Crippen LogP contribution is 2.18. The summed E-state index contributed by atoms with van der Waals surface area (Å²) < 4.78 is 5.68. The summed E-state index contributed by atoms with van der Waals surface area (Å²) in [5.41, 5.74) is 2.94. The molecule has 0 aromatic heterocycles. The zero-order valence-corrected chi connectivity index (χ0v) is 18.3. The van der Waals surface area contributed by atoms with Crippen LogP contribution < -0.4 is 20.7 Å². The molecule has 0 aliphatic rings. The Kier molecular flexibility index (Phi) is 8.69. The van der Waals surface area contributed by atoms with E-state index in [1.165, 1.54) is 0 Å². The summed E-state index contributed by atoms with van der Waals surface area (Å²) in [5, 5.41) is 8.83. The van der Waals surface area contributed by atoms with E-state index in [4.69, 9.17) is 4.74 Å². The van der Waals surface area contributed by atoms with E-state index < -0.39 is 0 Å². The monoisotopic (exact) mass is 431 g/mol. The van der Waals surface area contributed by atoms with Crippen LogP contribution in [0.3, 0.4) is 0 Å². The molecule has 0 unspecified atom stereocenters. The minimum absolute atomic E-state index is 0.0794. The number of rotatable bonds is 11. The summed E-state index contributed by atoms with van der Waals surface area (Å²) in [6.45, 7) is 3.31. The molecular formula is C26H29N3O3. The zero-order chi connectivity index (χ0) is 22.6. The molecule has 3 aromatic carbocycles. The number of carbonyl (C=O) groups excluding carboxylic acids is 2. The SMILES string of the molecule is CCCCOc1cccc(NC(=O)CNc2cccc(C(=O)NCc3ccccc3)c2)c1. The van der Waals surface area contributed by atoms with E-state index in [0.29, 0.717) is 30.1 Å². The molecule has 32 heavy (non-hydrogen) atoms. The normalized spacial score (nSPS) is 10.3. The van der Waals surface area contributed by atoms with Crippen LogP contribution in [0.4, 0.5) is 11.4 Å². The highest BCUT2D eigenvalue weighted by atomic mass is 16.5. The first kappa shape index (κ1) is 22.9. The van der Waals surface area contributed by atoms with E-state index >= 15 is 0 Å². The Hall–Kier alpha value is -3.80. The number of anilines is 2. The molecule has 3 rings (SSSR count). The number of ether oxygens (including phenoxy) is 1. The van der Waals surface area contributed by atoms with Gasteiger partial charge in [-0.05, 0) is 42.3 Å². The van der Waals surface area contributed by atoms with E-state index in [1.54, 1.807) is 18.2 Å². The van der Waals surface area contributed by atoms with Crippen molar-refractivity contribution in [3.63, 3.8) is 0 Å². The zero-order valence-electron chi connectivity index (χ0n) is 18.3. The van der Waals surface area contributed by atoms with Crippen LogP contribution in [-0.4, -0.2) is 25.0 Å². The van der Waals surface area contributed by atoms with Crippen LogP contribution in [0.15, 0.2) is 78.9 Å². The van der Waals surface area contributed by atoms with E-state index in [0.717, 1.165) is 24.2 Å². The molecular weight excluding hydrogens is 402 g/mol. The molecule has 0 bridgehead atoms. The molecule has 0 aliphatic carbocycles. The predicted octanol–water partition coefficient (Wildman–Crippen LogP) is 4.85. The fourth-order valence-electron chi connectivity index (χ4n) is 3.04. The molecule has 0 radical (unpaired) electrons. The summed E-state index contributed by atoms with van der Waals surface area (Å²) in [7, 11) is 0. The van der Waals surface area contributed by atoms with Crippen molar-refractivity contribution in [1.82, 2.24) is 5.32 Å². The van der Waals surface area contributed by atoms with Gasteiger partial charge in [-0.1, -0.05) is 55.8 Å².